The third-order valence-corrected chi connectivity index (χ3v) is 19.2. The van der Waals surface area contributed by atoms with Crippen LogP contribution in [0.5, 0.6) is 0 Å². The first-order chi connectivity index (χ1) is 21.6. The molecule has 0 aliphatic heterocycles. The molecular weight excluding hydrogens is 571 g/mol. The minimum atomic E-state index is -2.87. The molecule has 0 heterocycles. The SMILES string of the molecule is CC1CC2CC(C)CC(CO[Si](CCCCN(C)C)(OCC34CC5CC(CC(C5)C3)C4)OCC34CC5CC6CC(C3)C65C4)(C1)C2. The zero-order valence-corrected chi connectivity index (χ0v) is 30.6. The molecule has 10 rings (SSSR count). The predicted molar refractivity (Wildman–Crippen MR) is 183 cm³/mol. The lowest BCUT2D eigenvalue weighted by molar-refractivity contribution is -0.178. The molecule has 10 fully saturated rings. The van der Waals surface area contributed by atoms with Gasteiger partial charge < -0.3 is 18.2 Å². The quantitative estimate of drug-likeness (QED) is 0.140. The molecule has 10 aliphatic rings. The van der Waals surface area contributed by atoms with Crippen molar-refractivity contribution >= 4 is 8.80 Å². The molecule has 5 heteroatoms. The van der Waals surface area contributed by atoms with Gasteiger partial charge >= 0.3 is 8.80 Å². The summed E-state index contributed by atoms with van der Waals surface area (Å²) in [5, 5.41) is 0. The van der Waals surface area contributed by atoms with E-state index in [0.717, 1.165) is 91.1 Å². The van der Waals surface area contributed by atoms with Gasteiger partial charge in [-0.05, 0) is 211 Å². The maximum Gasteiger partial charge on any atom is 0.501 e. The summed E-state index contributed by atoms with van der Waals surface area (Å²) >= 11 is 0. The van der Waals surface area contributed by atoms with Gasteiger partial charge in [-0.25, -0.2) is 0 Å². The van der Waals surface area contributed by atoms with Crippen LogP contribution in [0.2, 0.25) is 6.04 Å². The van der Waals surface area contributed by atoms with Gasteiger partial charge in [-0.3, -0.25) is 0 Å². The highest BCUT2D eigenvalue weighted by atomic mass is 28.4. The zero-order chi connectivity index (χ0) is 30.7. The van der Waals surface area contributed by atoms with Gasteiger partial charge in [0.2, 0.25) is 0 Å². The number of fused-ring (bicyclic) bond motifs is 3. The Kier molecular flexibility index (Phi) is 7.61. The highest BCUT2D eigenvalue weighted by Gasteiger charge is 2.77. The number of unbranched alkanes of at least 4 members (excludes halogenated alkanes) is 1. The molecule has 0 saturated heterocycles. The van der Waals surface area contributed by atoms with Crippen LogP contribution in [0.4, 0.5) is 0 Å². The van der Waals surface area contributed by atoms with E-state index in [9.17, 15) is 0 Å². The number of rotatable bonds is 14. The van der Waals surface area contributed by atoms with Crippen molar-refractivity contribution in [2.75, 3.05) is 40.5 Å². The van der Waals surface area contributed by atoms with Gasteiger partial charge in [0, 0.05) is 25.9 Å². The summed E-state index contributed by atoms with van der Waals surface area (Å²) in [7, 11) is 1.57. The van der Waals surface area contributed by atoms with Gasteiger partial charge in [0.15, 0.2) is 0 Å². The molecule has 0 amide bonds. The molecule has 254 valence electrons. The normalized spacial score (nSPS) is 52.9. The molecule has 0 aromatic rings. The molecule has 4 nitrogen and oxygen atoms in total. The second kappa shape index (κ2) is 11.0. The molecule has 0 aromatic carbocycles. The first-order valence-corrected chi connectivity index (χ1v) is 22.1. The molecule has 45 heavy (non-hydrogen) atoms. The van der Waals surface area contributed by atoms with Crippen LogP contribution in [-0.4, -0.2) is 54.2 Å². The van der Waals surface area contributed by atoms with Crippen molar-refractivity contribution in [3.05, 3.63) is 0 Å². The summed E-state index contributed by atoms with van der Waals surface area (Å²) in [6, 6.07) is 1.04. The van der Waals surface area contributed by atoms with Crippen LogP contribution < -0.4 is 0 Å². The van der Waals surface area contributed by atoms with E-state index >= 15 is 0 Å². The Morgan fingerprint density at radius 3 is 1.53 bits per heavy atom. The number of hydrogen-bond acceptors (Lipinski definition) is 4. The molecule has 5 unspecified atom stereocenters. The molecule has 5 atom stereocenters. The highest BCUT2D eigenvalue weighted by Crippen LogP contribution is 2.84. The van der Waals surface area contributed by atoms with E-state index in [1.807, 2.05) is 0 Å². The van der Waals surface area contributed by atoms with Crippen molar-refractivity contribution < 1.29 is 13.3 Å². The van der Waals surface area contributed by atoms with E-state index in [0.29, 0.717) is 16.2 Å². The van der Waals surface area contributed by atoms with E-state index in [-0.39, 0.29) is 0 Å². The fourth-order valence-corrected chi connectivity index (χ4v) is 18.8. The van der Waals surface area contributed by atoms with E-state index in [2.05, 4.69) is 32.8 Å². The smallest absolute Gasteiger partial charge is 0.373 e. The van der Waals surface area contributed by atoms with Crippen molar-refractivity contribution in [1.82, 2.24) is 4.90 Å². The zero-order valence-electron chi connectivity index (χ0n) is 29.6. The van der Waals surface area contributed by atoms with Crippen molar-refractivity contribution in [3.8, 4) is 0 Å². The summed E-state index contributed by atoms with van der Waals surface area (Å²) in [5.74, 6) is 8.58. The fraction of sp³-hybridized carbons (Fsp3) is 1.00. The highest BCUT2D eigenvalue weighted by molar-refractivity contribution is 6.60. The second-order valence-electron chi connectivity index (χ2n) is 20.6. The Hall–Kier alpha value is 0.0569. The molecule has 10 aliphatic carbocycles. The maximum absolute atomic E-state index is 7.56. The average Bonchev–Trinajstić information content (AvgIpc) is 3.42. The van der Waals surface area contributed by atoms with E-state index in [4.69, 9.17) is 13.3 Å². The van der Waals surface area contributed by atoms with Gasteiger partial charge in [0.1, 0.15) is 0 Å². The summed E-state index contributed by atoms with van der Waals surface area (Å²) in [6.45, 7) is 8.98. The number of nitrogens with zero attached hydrogens (tertiary/aromatic N) is 1. The molecule has 1 spiro atoms. The largest absolute Gasteiger partial charge is 0.501 e. The van der Waals surface area contributed by atoms with Gasteiger partial charge in [0.05, 0.1) is 0 Å². The third-order valence-electron chi connectivity index (χ3n) is 16.5. The van der Waals surface area contributed by atoms with Crippen LogP contribution in [0.1, 0.15) is 129 Å². The molecule has 0 N–H and O–H groups in total. The van der Waals surface area contributed by atoms with E-state index < -0.39 is 8.80 Å². The van der Waals surface area contributed by atoms with Crippen LogP contribution >= 0.6 is 0 Å². The van der Waals surface area contributed by atoms with Crippen molar-refractivity contribution in [1.29, 1.82) is 0 Å². The van der Waals surface area contributed by atoms with Gasteiger partial charge in [-0.2, -0.15) is 0 Å². The standard InChI is InChI=1S/C40H67NO3Si/c1-28-9-30-10-29(2)17-37(16-28,18-30)25-42-45(8-6-5-7-41(3)4,43-26-38-19-31-11-32(20-38)13-33(12-31)21-38)44-27-39-22-35-14-34-15-36(23-39)40(34,35)24-39/h28-36H,5-27H2,1-4H3. The maximum atomic E-state index is 7.56. The topological polar surface area (TPSA) is 30.9 Å². The number of hydrogen-bond donors (Lipinski definition) is 0. The van der Waals surface area contributed by atoms with E-state index in [1.165, 1.54) is 116 Å². The van der Waals surface area contributed by atoms with Gasteiger partial charge in [-0.1, -0.05) is 13.8 Å². The summed E-state index contributed by atoms with van der Waals surface area (Å²) in [4.78, 5) is 2.35. The predicted octanol–water partition coefficient (Wildman–Crippen LogP) is 9.21. The molecular formula is C40H67NO3Si. The third kappa shape index (κ3) is 5.32. The monoisotopic (exact) mass is 637 g/mol. The minimum Gasteiger partial charge on any atom is -0.373 e. The van der Waals surface area contributed by atoms with Crippen molar-refractivity contribution in [3.63, 3.8) is 0 Å². The molecule has 10 saturated carbocycles. The summed E-state index contributed by atoms with van der Waals surface area (Å²) in [5.41, 5.74) is 1.94. The minimum absolute atomic E-state index is 0.346. The first kappa shape index (κ1) is 31.1. The van der Waals surface area contributed by atoms with Gasteiger partial charge in [0.25, 0.3) is 0 Å². The Morgan fingerprint density at radius 2 is 1.04 bits per heavy atom. The van der Waals surface area contributed by atoms with Crippen LogP contribution in [0.25, 0.3) is 0 Å². The van der Waals surface area contributed by atoms with Gasteiger partial charge in [-0.15, -0.1) is 0 Å². The molecule has 0 aromatic heterocycles. The van der Waals surface area contributed by atoms with E-state index in [1.54, 1.807) is 0 Å². The second-order valence-corrected chi connectivity index (χ2v) is 23.4. The lowest BCUT2D eigenvalue weighted by Crippen LogP contribution is -2.59. The Bertz CT molecular complexity index is 1040. The molecule has 0 radical (unpaired) electrons. The lowest BCUT2D eigenvalue weighted by Gasteiger charge is -2.66. The van der Waals surface area contributed by atoms with Crippen LogP contribution in [0.15, 0.2) is 0 Å². The molecule has 8 bridgehead atoms. The Balaban J connectivity index is 0.978. The summed E-state index contributed by atoms with van der Waals surface area (Å²) in [6.07, 6.45) is 25.6. The Morgan fingerprint density at radius 1 is 0.556 bits per heavy atom. The fourth-order valence-electron chi connectivity index (χ4n) is 15.9. The van der Waals surface area contributed by atoms with Crippen LogP contribution in [-0.2, 0) is 13.3 Å². The van der Waals surface area contributed by atoms with Crippen LogP contribution in [0, 0.1) is 74.9 Å². The van der Waals surface area contributed by atoms with Crippen molar-refractivity contribution in [2.24, 2.45) is 74.9 Å². The lowest BCUT2D eigenvalue weighted by atomic mass is 9.38. The average molecular weight is 638 g/mol. The summed E-state index contributed by atoms with van der Waals surface area (Å²) < 4.78 is 22.7. The van der Waals surface area contributed by atoms with Crippen molar-refractivity contribution in [2.45, 2.75) is 135 Å². The Labute approximate surface area is 277 Å². The van der Waals surface area contributed by atoms with Crippen LogP contribution in [0.3, 0.4) is 0 Å². The first-order valence-electron chi connectivity index (χ1n) is 20.1.